The van der Waals surface area contributed by atoms with Crippen LogP contribution in [0.1, 0.15) is 11.1 Å². The summed E-state index contributed by atoms with van der Waals surface area (Å²) < 4.78 is 7.01. The van der Waals surface area contributed by atoms with Crippen LogP contribution >= 0.6 is 23.1 Å². The van der Waals surface area contributed by atoms with E-state index in [-0.39, 0.29) is 18.3 Å². The third kappa shape index (κ3) is 5.93. The summed E-state index contributed by atoms with van der Waals surface area (Å²) in [4.78, 5) is 28.8. The molecule has 7 heteroatoms. The van der Waals surface area contributed by atoms with E-state index in [1.807, 2.05) is 78.9 Å². The van der Waals surface area contributed by atoms with Gasteiger partial charge in [0.25, 0.3) is 5.91 Å². The minimum absolute atomic E-state index is 0.109. The van der Waals surface area contributed by atoms with Gasteiger partial charge >= 0.3 is 5.97 Å². The summed E-state index contributed by atoms with van der Waals surface area (Å²) in [6, 6.07) is 25.5. The largest absolute Gasteiger partial charge is 0.455 e. The van der Waals surface area contributed by atoms with Crippen molar-refractivity contribution in [3.8, 4) is 0 Å². The molecule has 0 aliphatic rings. The SMILES string of the molecule is O=C(COC(=O)CSc1nc2ccccc2s1)Nc1ccccc1Cc1ccccc1. The standard InChI is InChI=1S/C24H20N2O3S2/c27-22(25-19-11-5-4-10-18(19)14-17-8-2-1-3-9-17)15-29-23(28)16-30-24-26-20-12-6-7-13-21(20)31-24/h1-13H,14-16H2,(H,25,27). The zero-order valence-electron chi connectivity index (χ0n) is 16.6. The molecular formula is C24H20N2O3S2. The molecular weight excluding hydrogens is 428 g/mol. The molecule has 0 aliphatic heterocycles. The van der Waals surface area contributed by atoms with Crippen LogP contribution in [0, 0.1) is 0 Å². The number of fused-ring (bicyclic) bond motifs is 1. The van der Waals surface area contributed by atoms with E-state index >= 15 is 0 Å². The molecule has 0 radical (unpaired) electrons. The van der Waals surface area contributed by atoms with Crippen LogP contribution in [0.15, 0.2) is 83.2 Å². The molecule has 31 heavy (non-hydrogen) atoms. The minimum Gasteiger partial charge on any atom is -0.455 e. The van der Waals surface area contributed by atoms with Crippen molar-refractivity contribution < 1.29 is 14.3 Å². The fourth-order valence-electron chi connectivity index (χ4n) is 3.02. The number of para-hydroxylation sites is 2. The highest BCUT2D eigenvalue weighted by Crippen LogP contribution is 2.29. The van der Waals surface area contributed by atoms with E-state index < -0.39 is 5.97 Å². The van der Waals surface area contributed by atoms with Gasteiger partial charge in [0, 0.05) is 5.69 Å². The summed E-state index contributed by atoms with van der Waals surface area (Å²) in [7, 11) is 0. The highest BCUT2D eigenvalue weighted by molar-refractivity contribution is 8.01. The van der Waals surface area contributed by atoms with Gasteiger partial charge in [-0.05, 0) is 35.7 Å². The Hall–Kier alpha value is -3.16. The van der Waals surface area contributed by atoms with E-state index in [0.717, 1.165) is 31.4 Å². The van der Waals surface area contributed by atoms with Crippen LogP contribution < -0.4 is 5.32 Å². The van der Waals surface area contributed by atoms with Gasteiger partial charge in [-0.2, -0.15) is 0 Å². The molecule has 1 N–H and O–H groups in total. The second kappa shape index (κ2) is 10.2. The first kappa shape index (κ1) is 21.1. The number of amides is 1. The van der Waals surface area contributed by atoms with Gasteiger partial charge in [-0.1, -0.05) is 72.4 Å². The van der Waals surface area contributed by atoms with E-state index in [1.54, 1.807) is 0 Å². The smallest absolute Gasteiger partial charge is 0.316 e. The number of esters is 1. The number of nitrogens with zero attached hydrogens (tertiary/aromatic N) is 1. The van der Waals surface area contributed by atoms with Crippen molar-refractivity contribution in [2.24, 2.45) is 0 Å². The normalized spacial score (nSPS) is 10.7. The summed E-state index contributed by atoms with van der Waals surface area (Å²) in [5.74, 6) is -0.701. The quantitative estimate of drug-likeness (QED) is 0.298. The van der Waals surface area contributed by atoms with Crippen molar-refractivity contribution in [2.45, 2.75) is 10.8 Å². The van der Waals surface area contributed by atoms with Gasteiger partial charge < -0.3 is 10.1 Å². The lowest BCUT2D eigenvalue weighted by molar-refractivity contribution is -0.144. The number of nitrogens with one attached hydrogen (secondary N) is 1. The Bertz CT molecular complexity index is 1160. The molecule has 156 valence electrons. The molecule has 4 aromatic rings. The van der Waals surface area contributed by atoms with Crippen LogP contribution in [0.3, 0.4) is 0 Å². The van der Waals surface area contributed by atoms with Crippen LogP contribution in [0.25, 0.3) is 10.2 Å². The van der Waals surface area contributed by atoms with Gasteiger partial charge in [0.05, 0.1) is 16.0 Å². The van der Waals surface area contributed by atoms with Crippen LogP contribution in [0.4, 0.5) is 5.69 Å². The van der Waals surface area contributed by atoms with E-state index in [1.165, 1.54) is 23.1 Å². The molecule has 1 amide bonds. The average Bonchev–Trinajstić information content (AvgIpc) is 3.21. The molecule has 4 rings (SSSR count). The molecule has 3 aromatic carbocycles. The van der Waals surface area contributed by atoms with Crippen LogP contribution in [-0.2, 0) is 20.7 Å². The summed E-state index contributed by atoms with van der Waals surface area (Å²) in [5.41, 5.74) is 3.79. The summed E-state index contributed by atoms with van der Waals surface area (Å²) in [6.45, 7) is -0.321. The van der Waals surface area contributed by atoms with Gasteiger partial charge in [-0.3, -0.25) is 9.59 Å². The van der Waals surface area contributed by atoms with Crippen LogP contribution in [0.2, 0.25) is 0 Å². The molecule has 1 heterocycles. The Kier molecular flexibility index (Phi) is 6.96. The number of carbonyl (C=O) groups excluding carboxylic acids is 2. The van der Waals surface area contributed by atoms with Crippen molar-refractivity contribution in [2.75, 3.05) is 17.7 Å². The van der Waals surface area contributed by atoms with Gasteiger partial charge in [-0.25, -0.2) is 4.98 Å². The summed E-state index contributed by atoms with van der Waals surface area (Å²) in [5, 5.41) is 2.84. The maximum Gasteiger partial charge on any atom is 0.316 e. The number of thioether (sulfide) groups is 1. The predicted molar refractivity (Wildman–Crippen MR) is 126 cm³/mol. The van der Waals surface area contributed by atoms with Crippen LogP contribution in [-0.4, -0.2) is 29.2 Å². The molecule has 1 aromatic heterocycles. The third-order valence-corrected chi connectivity index (χ3v) is 6.63. The third-order valence-electron chi connectivity index (χ3n) is 4.48. The van der Waals surface area contributed by atoms with Gasteiger partial charge in [0.2, 0.25) is 0 Å². The highest BCUT2D eigenvalue weighted by Gasteiger charge is 2.12. The molecule has 0 bridgehead atoms. The Morgan fingerprint density at radius 2 is 1.68 bits per heavy atom. The molecule has 0 saturated carbocycles. The molecule has 0 spiro atoms. The van der Waals surface area contributed by atoms with E-state index in [9.17, 15) is 9.59 Å². The average molecular weight is 449 g/mol. The Morgan fingerprint density at radius 1 is 0.935 bits per heavy atom. The Balaban J connectivity index is 1.26. The maximum atomic E-state index is 12.3. The number of aromatic nitrogens is 1. The Morgan fingerprint density at radius 3 is 2.52 bits per heavy atom. The predicted octanol–water partition coefficient (Wildman–Crippen LogP) is 5.16. The first-order valence-electron chi connectivity index (χ1n) is 9.73. The number of hydrogen-bond donors (Lipinski definition) is 1. The Labute approximate surface area is 188 Å². The molecule has 0 fully saturated rings. The van der Waals surface area contributed by atoms with Crippen molar-refractivity contribution in [3.63, 3.8) is 0 Å². The number of hydrogen-bond acceptors (Lipinski definition) is 6. The lowest BCUT2D eigenvalue weighted by Crippen LogP contribution is -2.22. The number of ether oxygens (including phenoxy) is 1. The number of rotatable bonds is 8. The van der Waals surface area contributed by atoms with E-state index in [4.69, 9.17) is 4.74 Å². The zero-order valence-corrected chi connectivity index (χ0v) is 18.2. The van der Waals surface area contributed by atoms with E-state index in [0.29, 0.717) is 6.42 Å². The van der Waals surface area contributed by atoms with Gasteiger partial charge in [0.1, 0.15) is 0 Å². The molecule has 0 atom stereocenters. The topological polar surface area (TPSA) is 68.3 Å². The number of benzene rings is 3. The fraction of sp³-hybridized carbons (Fsp3) is 0.125. The molecule has 0 aliphatic carbocycles. The molecule has 5 nitrogen and oxygen atoms in total. The summed E-state index contributed by atoms with van der Waals surface area (Å²) >= 11 is 2.85. The first-order chi connectivity index (χ1) is 15.2. The maximum absolute atomic E-state index is 12.3. The molecule has 0 saturated heterocycles. The van der Waals surface area contributed by atoms with E-state index in [2.05, 4.69) is 10.3 Å². The number of anilines is 1. The monoisotopic (exact) mass is 448 g/mol. The zero-order chi connectivity index (χ0) is 21.5. The number of thiazole rings is 1. The lowest BCUT2D eigenvalue weighted by atomic mass is 10.0. The van der Waals surface area contributed by atoms with Crippen molar-refractivity contribution in [1.82, 2.24) is 4.98 Å². The minimum atomic E-state index is -0.447. The fourth-order valence-corrected chi connectivity index (χ4v) is 4.89. The second-order valence-corrected chi connectivity index (χ2v) is 9.02. The molecule has 0 unspecified atom stereocenters. The van der Waals surface area contributed by atoms with Crippen molar-refractivity contribution in [1.29, 1.82) is 0 Å². The second-order valence-electron chi connectivity index (χ2n) is 6.76. The lowest BCUT2D eigenvalue weighted by Gasteiger charge is -2.11. The van der Waals surface area contributed by atoms with Gasteiger partial charge in [-0.15, -0.1) is 11.3 Å². The first-order valence-corrected chi connectivity index (χ1v) is 11.5. The number of carbonyl (C=O) groups is 2. The van der Waals surface area contributed by atoms with Crippen LogP contribution in [0.5, 0.6) is 0 Å². The summed E-state index contributed by atoms with van der Waals surface area (Å²) in [6.07, 6.45) is 0.704. The van der Waals surface area contributed by atoms with Crippen molar-refractivity contribution >= 4 is 50.9 Å². The van der Waals surface area contributed by atoms with Gasteiger partial charge in [0.15, 0.2) is 10.9 Å². The van der Waals surface area contributed by atoms with Crippen molar-refractivity contribution in [3.05, 3.63) is 90.0 Å². The highest BCUT2D eigenvalue weighted by atomic mass is 32.2.